The van der Waals surface area contributed by atoms with Gasteiger partial charge in [-0.25, -0.2) is 0 Å². The number of fused-ring (bicyclic) bond motifs is 1. The Hall–Kier alpha value is -1.93. The average molecular weight is 344 g/mol. The van der Waals surface area contributed by atoms with Crippen LogP contribution in [-0.4, -0.2) is 69.9 Å². The summed E-state index contributed by atoms with van der Waals surface area (Å²) in [5.41, 5.74) is 0. The molecule has 4 rings (SSSR count). The first-order valence-electron chi connectivity index (χ1n) is 9.22. The fraction of sp³-hybridized carbons (Fsp3) is 0.706. The van der Waals surface area contributed by atoms with E-state index in [1.54, 1.807) is 6.33 Å². The molecule has 0 radical (unpaired) electrons. The van der Waals surface area contributed by atoms with Crippen molar-refractivity contribution in [3.63, 3.8) is 0 Å². The zero-order chi connectivity index (χ0) is 17.6. The molecular formula is C17H28N8. The fourth-order valence-electron chi connectivity index (χ4n) is 4.20. The largest absolute Gasteiger partial charge is 0.353 e. The summed E-state index contributed by atoms with van der Waals surface area (Å²) in [4.78, 5) is 13.9. The van der Waals surface area contributed by atoms with E-state index in [9.17, 15) is 0 Å². The van der Waals surface area contributed by atoms with E-state index in [4.69, 9.17) is 4.98 Å². The molecule has 4 atom stereocenters. The van der Waals surface area contributed by atoms with Crippen molar-refractivity contribution >= 4 is 17.4 Å². The number of anilines is 2. The molecule has 0 saturated carbocycles. The van der Waals surface area contributed by atoms with E-state index in [1.807, 2.05) is 4.52 Å². The number of hydrogen-bond donors (Lipinski definition) is 2. The van der Waals surface area contributed by atoms with Gasteiger partial charge in [0.15, 0.2) is 0 Å². The Morgan fingerprint density at radius 1 is 0.880 bits per heavy atom. The van der Waals surface area contributed by atoms with Gasteiger partial charge in [0.25, 0.3) is 5.78 Å². The minimum absolute atomic E-state index is 0.443. The van der Waals surface area contributed by atoms with Crippen LogP contribution in [0.15, 0.2) is 12.4 Å². The maximum absolute atomic E-state index is 4.77. The number of nitrogens with zero attached hydrogens (tertiary/aromatic N) is 6. The van der Waals surface area contributed by atoms with E-state index in [1.165, 1.54) is 0 Å². The van der Waals surface area contributed by atoms with Crippen molar-refractivity contribution in [2.45, 2.75) is 51.9 Å². The second-order valence-corrected chi connectivity index (χ2v) is 7.69. The molecule has 8 heteroatoms. The summed E-state index contributed by atoms with van der Waals surface area (Å²) in [5, 5.41) is 11.6. The van der Waals surface area contributed by atoms with Crippen LogP contribution in [0, 0.1) is 0 Å². The van der Waals surface area contributed by atoms with Crippen LogP contribution >= 0.6 is 0 Å². The van der Waals surface area contributed by atoms with Crippen LogP contribution in [0.1, 0.15) is 27.7 Å². The summed E-state index contributed by atoms with van der Waals surface area (Å²) >= 11 is 0. The lowest BCUT2D eigenvalue weighted by molar-refractivity contribution is 0.401. The minimum atomic E-state index is 0.443. The highest BCUT2D eigenvalue weighted by atomic mass is 15.4. The predicted octanol–water partition coefficient (Wildman–Crippen LogP) is 0.498. The number of rotatable bonds is 2. The third-order valence-corrected chi connectivity index (χ3v) is 4.98. The van der Waals surface area contributed by atoms with Gasteiger partial charge in [-0.1, -0.05) is 0 Å². The van der Waals surface area contributed by atoms with Gasteiger partial charge in [0.2, 0.25) is 0 Å². The molecule has 0 unspecified atom stereocenters. The molecule has 0 spiro atoms. The van der Waals surface area contributed by atoms with Gasteiger partial charge in [-0.2, -0.15) is 19.6 Å². The Balaban J connectivity index is 1.72. The summed E-state index contributed by atoms with van der Waals surface area (Å²) < 4.78 is 1.86. The van der Waals surface area contributed by atoms with Gasteiger partial charge in [-0.05, 0) is 27.7 Å². The topological polar surface area (TPSA) is 73.6 Å². The highest BCUT2D eigenvalue weighted by Crippen LogP contribution is 2.24. The number of aromatic nitrogens is 4. The van der Waals surface area contributed by atoms with Crippen molar-refractivity contribution in [3.05, 3.63) is 12.4 Å². The molecule has 136 valence electrons. The molecule has 2 aliphatic rings. The quantitative estimate of drug-likeness (QED) is 0.822. The average Bonchev–Trinajstić information content (AvgIpc) is 3.00. The SMILES string of the molecule is C[C@@H]1CN(c2cc(N3C[C@@H](C)N[C@@H](C)C3)n3ncnc3n2)C[C@H](C)N1. The Kier molecular flexibility index (Phi) is 4.24. The molecule has 2 aliphatic heterocycles. The van der Waals surface area contributed by atoms with Crippen LogP contribution in [0.25, 0.3) is 5.78 Å². The summed E-state index contributed by atoms with van der Waals surface area (Å²) in [6.07, 6.45) is 1.59. The maximum Gasteiger partial charge on any atom is 0.256 e. The zero-order valence-corrected chi connectivity index (χ0v) is 15.5. The summed E-state index contributed by atoms with van der Waals surface area (Å²) in [6, 6.07) is 3.96. The van der Waals surface area contributed by atoms with Crippen LogP contribution in [0.5, 0.6) is 0 Å². The zero-order valence-electron chi connectivity index (χ0n) is 15.5. The standard InChI is InChI=1S/C17H28N8/c1-11-6-23(7-12(2)20-11)15-5-16(25-17(22-15)18-10-19-25)24-8-13(3)21-14(4)9-24/h5,10-14,20-21H,6-9H2,1-4H3/t11-,12+,13-,14+. The number of piperazine rings is 2. The molecule has 0 bridgehead atoms. The Labute approximate surface area is 148 Å². The first-order chi connectivity index (χ1) is 12.0. The Bertz CT molecular complexity index is 723. The molecular weight excluding hydrogens is 316 g/mol. The van der Waals surface area contributed by atoms with Crippen LogP contribution in [-0.2, 0) is 0 Å². The first-order valence-corrected chi connectivity index (χ1v) is 9.22. The Morgan fingerprint density at radius 2 is 1.44 bits per heavy atom. The molecule has 25 heavy (non-hydrogen) atoms. The number of nitrogens with one attached hydrogen (secondary N) is 2. The lowest BCUT2D eigenvalue weighted by Gasteiger charge is -2.39. The van der Waals surface area contributed by atoms with Gasteiger partial charge in [0.1, 0.15) is 18.0 Å². The van der Waals surface area contributed by atoms with E-state index >= 15 is 0 Å². The molecule has 2 aromatic rings. The second kappa shape index (κ2) is 6.42. The first kappa shape index (κ1) is 16.5. The van der Waals surface area contributed by atoms with Crippen molar-refractivity contribution in [3.8, 4) is 0 Å². The predicted molar refractivity (Wildman–Crippen MR) is 99.3 cm³/mol. The van der Waals surface area contributed by atoms with Crippen LogP contribution < -0.4 is 20.4 Å². The third-order valence-electron chi connectivity index (χ3n) is 4.98. The van der Waals surface area contributed by atoms with Gasteiger partial charge >= 0.3 is 0 Å². The summed E-state index contributed by atoms with van der Waals surface area (Å²) in [7, 11) is 0. The van der Waals surface area contributed by atoms with Crippen molar-refractivity contribution in [1.82, 2.24) is 30.2 Å². The summed E-state index contributed by atoms with van der Waals surface area (Å²) in [6.45, 7) is 12.7. The van der Waals surface area contributed by atoms with E-state index in [2.05, 4.69) is 64.3 Å². The van der Waals surface area contributed by atoms with Gasteiger partial charge in [-0.3, -0.25) is 0 Å². The molecule has 2 saturated heterocycles. The van der Waals surface area contributed by atoms with Gasteiger partial charge in [0, 0.05) is 56.4 Å². The van der Waals surface area contributed by atoms with Crippen molar-refractivity contribution < 1.29 is 0 Å². The fourth-order valence-corrected chi connectivity index (χ4v) is 4.20. The highest BCUT2D eigenvalue weighted by Gasteiger charge is 2.27. The van der Waals surface area contributed by atoms with Crippen molar-refractivity contribution in [1.29, 1.82) is 0 Å². The van der Waals surface area contributed by atoms with E-state index < -0.39 is 0 Å². The molecule has 4 heterocycles. The molecule has 0 amide bonds. The van der Waals surface area contributed by atoms with Crippen molar-refractivity contribution in [2.75, 3.05) is 36.0 Å². The van der Waals surface area contributed by atoms with E-state index in [0.717, 1.165) is 37.8 Å². The van der Waals surface area contributed by atoms with Crippen LogP contribution in [0.3, 0.4) is 0 Å². The van der Waals surface area contributed by atoms with Crippen molar-refractivity contribution in [2.24, 2.45) is 0 Å². The van der Waals surface area contributed by atoms with Gasteiger partial charge in [0.05, 0.1) is 0 Å². The molecule has 2 fully saturated rings. The minimum Gasteiger partial charge on any atom is -0.353 e. The van der Waals surface area contributed by atoms with Gasteiger partial charge < -0.3 is 20.4 Å². The second-order valence-electron chi connectivity index (χ2n) is 7.69. The van der Waals surface area contributed by atoms with E-state index in [0.29, 0.717) is 29.9 Å². The third kappa shape index (κ3) is 3.28. The van der Waals surface area contributed by atoms with Crippen LogP contribution in [0.4, 0.5) is 11.6 Å². The highest BCUT2D eigenvalue weighted by molar-refractivity contribution is 5.57. The molecule has 8 nitrogen and oxygen atoms in total. The maximum atomic E-state index is 4.77. The lowest BCUT2D eigenvalue weighted by Crippen LogP contribution is -2.55. The van der Waals surface area contributed by atoms with Gasteiger partial charge in [-0.15, -0.1) is 0 Å². The molecule has 0 aliphatic carbocycles. The molecule has 0 aromatic carbocycles. The molecule has 2 N–H and O–H groups in total. The Morgan fingerprint density at radius 3 is 2.04 bits per heavy atom. The lowest BCUT2D eigenvalue weighted by atomic mass is 10.1. The van der Waals surface area contributed by atoms with E-state index in [-0.39, 0.29) is 0 Å². The van der Waals surface area contributed by atoms with Crippen LogP contribution in [0.2, 0.25) is 0 Å². The summed E-state index contributed by atoms with van der Waals surface area (Å²) in [5.74, 6) is 2.75. The monoisotopic (exact) mass is 344 g/mol. The smallest absolute Gasteiger partial charge is 0.256 e. The number of hydrogen-bond acceptors (Lipinski definition) is 7. The normalized spacial score (nSPS) is 30.9. The molecule has 2 aromatic heterocycles.